The Kier molecular flexibility index (Phi) is 5.88. The number of nitrogens with zero attached hydrogens (tertiary/aromatic N) is 4. The molecule has 0 spiro atoms. The molecule has 0 bridgehead atoms. The summed E-state index contributed by atoms with van der Waals surface area (Å²) < 4.78 is 29.1. The highest BCUT2D eigenvalue weighted by Gasteiger charge is 2.40. The minimum Gasteiger partial charge on any atom is -0.463 e. The van der Waals surface area contributed by atoms with Gasteiger partial charge in [-0.3, -0.25) is 14.2 Å². The third-order valence-electron chi connectivity index (χ3n) is 5.51. The Labute approximate surface area is 194 Å². The van der Waals surface area contributed by atoms with E-state index in [0.29, 0.717) is 35.7 Å². The zero-order chi connectivity index (χ0) is 23.7. The molecule has 34 heavy (non-hydrogen) atoms. The topological polar surface area (TPSA) is 136 Å². The van der Waals surface area contributed by atoms with E-state index >= 15 is 0 Å². The summed E-state index contributed by atoms with van der Waals surface area (Å²) in [7, 11) is 0. The van der Waals surface area contributed by atoms with Gasteiger partial charge in [0.05, 0.1) is 6.33 Å². The first kappa shape index (κ1) is 21.9. The third-order valence-corrected chi connectivity index (χ3v) is 5.51. The van der Waals surface area contributed by atoms with Gasteiger partial charge in [0.15, 0.2) is 28.5 Å². The lowest BCUT2D eigenvalue weighted by molar-refractivity contribution is -0.155. The van der Waals surface area contributed by atoms with E-state index in [4.69, 9.17) is 23.7 Å². The minimum absolute atomic E-state index is 0.0201. The van der Waals surface area contributed by atoms with Gasteiger partial charge in [-0.25, -0.2) is 15.0 Å². The Morgan fingerprint density at radius 1 is 1.15 bits per heavy atom. The maximum absolute atomic E-state index is 11.5. The molecule has 4 heterocycles. The molecule has 3 aromatic rings. The molecule has 3 atom stereocenters. The first-order chi connectivity index (χ1) is 16.5. The largest absolute Gasteiger partial charge is 0.463 e. The fourth-order valence-electron chi connectivity index (χ4n) is 3.99. The number of rotatable bonds is 7. The maximum Gasteiger partial charge on any atom is 0.303 e. The lowest BCUT2D eigenvalue weighted by Crippen LogP contribution is -2.31. The van der Waals surface area contributed by atoms with Crippen molar-refractivity contribution in [1.82, 2.24) is 19.5 Å². The quantitative estimate of drug-likeness (QED) is 0.508. The van der Waals surface area contributed by atoms with Crippen molar-refractivity contribution in [3.63, 3.8) is 0 Å². The summed E-state index contributed by atoms with van der Waals surface area (Å²) in [6, 6.07) is 5.73. The van der Waals surface area contributed by atoms with Crippen LogP contribution in [0.15, 0.2) is 30.9 Å². The standard InChI is InChI=1S/C22H23N5O7/c1-12(28)30-8-18-17(33-13(2)29)6-19(34-18)27-10-26-20-21(24-9-25-22(20)27)23-7-14-3-4-15-16(5-14)32-11-31-15/h3-5,9-10,17-19H,6-8,11H2,1-2H3,(H,23,24,25)/t17?,18-,19-/m1/s1. The van der Waals surface area contributed by atoms with Crippen LogP contribution in [0.4, 0.5) is 5.82 Å². The highest BCUT2D eigenvalue weighted by atomic mass is 16.7. The van der Waals surface area contributed by atoms with Crippen molar-refractivity contribution in [1.29, 1.82) is 0 Å². The van der Waals surface area contributed by atoms with E-state index in [0.717, 1.165) is 11.3 Å². The summed E-state index contributed by atoms with van der Waals surface area (Å²) in [4.78, 5) is 36.0. The highest BCUT2D eigenvalue weighted by Crippen LogP contribution is 2.34. The second kappa shape index (κ2) is 9.14. The molecular formula is C22H23N5O7. The monoisotopic (exact) mass is 469 g/mol. The average Bonchev–Trinajstić information content (AvgIpc) is 3.53. The smallest absolute Gasteiger partial charge is 0.303 e. The predicted molar refractivity (Wildman–Crippen MR) is 116 cm³/mol. The number of benzene rings is 1. The van der Waals surface area contributed by atoms with E-state index in [1.165, 1.54) is 20.2 Å². The Hall–Kier alpha value is -3.93. The van der Waals surface area contributed by atoms with Crippen LogP contribution in [0, 0.1) is 0 Å². The van der Waals surface area contributed by atoms with Gasteiger partial charge in [0.2, 0.25) is 6.79 Å². The Bertz CT molecular complexity index is 1230. The molecule has 2 aliphatic rings. The molecule has 12 nitrogen and oxygen atoms in total. The molecule has 5 rings (SSSR count). The van der Waals surface area contributed by atoms with E-state index in [9.17, 15) is 9.59 Å². The number of imidazole rings is 1. The zero-order valence-electron chi connectivity index (χ0n) is 18.6. The minimum atomic E-state index is -0.597. The number of ether oxygens (including phenoxy) is 5. The summed E-state index contributed by atoms with van der Waals surface area (Å²) in [5, 5.41) is 3.28. The molecule has 2 aliphatic heterocycles. The number of hydrogen-bond acceptors (Lipinski definition) is 11. The van der Waals surface area contributed by atoms with Crippen molar-refractivity contribution in [3.05, 3.63) is 36.4 Å². The molecule has 1 saturated heterocycles. The molecule has 12 heteroatoms. The van der Waals surface area contributed by atoms with E-state index in [-0.39, 0.29) is 13.4 Å². The number of fused-ring (bicyclic) bond motifs is 2. The third kappa shape index (κ3) is 4.44. The van der Waals surface area contributed by atoms with Crippen molar-refractivity contribution < 1.29 is 33.3 Å². The van der Waals surface area contributed by atoms with Crippen molar-refractivity contribution in [2.45, 2.75) is 45.2 Å². The van der Waals surface area contributed by atoms with E-state index in [1.807, 2.05) is 18.2 Å². The maximum atomic E-state index is 11.5. The molecule has 1 aromatic carbocycles. The highest BCUT2D eigenvalue weighted by molar-refractivity contribution is 5.82. The van der Waals surface area contributed by atoms with E-state index < -0.39 is 30.4 Å². The van der Waals surface area contributed by atoms with Gasteiger partial charge in [-0.2, -0.15) is 0 Å². The summed E-state index contributed by atoms with van der Waals surface area (Å²) in [6.07, 6.45) is 1.74. The fraction of sp³-hybridized carbons (Fsp3) is 0.409. The van der Waals surface area contributed by atoms with Crippen LogP contribution in [-0.4, -0.2) is 57.1 Å². The first-order valence-electron chi connectivity index (χ1n) is 10.7. The van der Waals surface area contributed by atoms with Gasteiger partial charge in [0.1, 0.15) is 31.4 Å². The van der Waals surface area contributed by atoms with Crippen LogP contribution in [0.25, 0.3) is 11.2 Å². The van der Waals surface area contributed by atoms with Crippen LogP contribution in [0.3, 0.4) is 0 Å². The predicted octanol–water partition coefficient (Wildman–Crippen LogP) is 1.95. The molecule has 2 aromatic heterocycles. The SMILES string of the molecule is CC(=O)OC[C@H]1O[C@@H](n2cnc3c(NCc4ccc5c(c4)OCO5)ncnc32)CC1OC(C)=O. The number of esters is 2. The van der Waals surface area contributed by atoms with E-state index in [1.54, 1.807) is 10.9 Å². The molecule has 0 saturated carbocycles. The Balaban J connectivity index is 1.33. The van der Waals surface area contributed by atoms with Gasteiger partial charge >= 0.3 is 11.9 Å². The normalized spacial score (nSPS) is 20.9. The lowest BCUT2D eigenvalue weighted by atomic mass is 10.2. The second-order valence-corrected chi connectivity index (χ2v) is 7.90. The molecule has 0 radical (unpaired) electrons. The number of anilines is 1. The Morgan fingerprint density at radius 3 is 2.82 bits per heavy atom. The summed E-state index contributed by atoms with van der Waals surface area (Å²) in [6.45, 7) is 3.33. The molecule has 1 N–H and O–H groups in total. The van der Waals surface area contributed by atoms with Crippen LogP contribution in [0.1, 0.15) is 32.1 Å². The van der Waals surface area contributed by atoms with Gasteiger partial charge < -0.3 is 29.0 Å². The lowest BCUT2D eigenvalue weighted by Gasteiger charge is -2.17. The van der Waals surface area contributed by atoms with Crippen molar-refractivity contribution in [3.8, 4) is 11.5 Å². The van der Waals surface area contributed by atoms with Gasteiger partial charge in [-0.1, -0.05) is 6.07 Å². The van der Waals surface area contributed by atoms with Crippen LogP contribution in [0.2, 0.25) is 0 Å². The number of hydrogen-bond donors (Lipinski definition) is 1. The number of carbonyl (C=O) groups excluding carboxylic acids is 2. The van der Waals surface area contributed by atoms with Crippen LogP contribution in [-0.2, 0) is 30.3 Å². The molecule has 0 amide bonds. The molecular weight excluding hydrogens is 446 g/mol. The van der Waals surface area contributed by atoms with Crippen LogP contribution in [0.5, 0.6) is 11.5 Å². The van der Waals surface area contributed by atoms with E-state index in [2.05, 4.69) is 20.3 Å². The first-order valence-corrected chi connectivity index (χ1v) is 10.7. The molecule has 1 fully saturated rings. The molecule has 178 valence electrons. The fourth-order valence-corrected chi connectivity index (χ4v) is 3.99. The average molecular weight is 469 g/mol. The second-order valence-electron chi connectivity index (χ2n) is 7.90. The molecule has 1 unspecified atom stereocenters. The van der Waals surface area contributed by atoms with Gasteiger partial charge in [-0.15, -0.1) is 0 Å². The number of carbonyl (C=O) groups is 2. The van der Waals surface area contributed by atoms with Crippen molar-refractivity contribution in [2.24, 2.45) is 0 Å². The van der Waals surface area contributed by atoms with Gasteiger partial charge in [0.25, 0.3) is 0 Å². The van der Waals surface area contributed by atoms with Crippen molar-refractivity contribution in [2.75, 3.05) is 18.7 Å². The number of aromatic nitrogens is 4. The van der Waals surface area contributed by atoms with Gasteiger partial charge in [0, 0.05) is 26.8 Å². The summed E-state index contributed by atoms with van der Waals surface area (Å²) in [5.74, 6) is 1.12. The van der Waals surface area contributed by atoms with Crippen molar-refractivity contribution >= 4 is 28.9 Å². The Morgan fingerprint density at radius 2 is 2.00 bits per heavy atom. The van der Waals surface area contributed by atoms with Crippen LogP contribution < -0.4 is 14.8 Å². The van der Waals surface area contributed by atoms with Crippen LogP contribution >= 0.6 is 0 Å². The zero-order valence-corrected chi connectivity index (χ0v) is 18.6. The summed E-state index contributed by atoms with van der Waals surface area (Å²) >= 11 is 0. The summed E-state index contributed by atoms with van der Waals surface area (Å²) in [5.41, 5.74) is 2.12. The van der Waals surface area contributed by atoms with Gasteiger partial charge in [-0.05, 0) is 17.7 Å². The molecule has 0 aliphatic carbocycles. The number of nitrogens with one attached hydrogen (secondary N) is 1.